The molecule has 1 N–H and O–H groups in total. The third-order valence-corrected chi connectivity index (χ3v) is 6.23. The van der Waals surface area contributed by atoms with Gasteiger partial charge in [-0.2, -0.15) is 0 Å². The van der Waals surface area contributed by atoms with Crippen molar-refractivity contribution in [3.8, 4) is 0 Å². The Labute approximate surface area is 170 Å². The van der Waals surface area contributed by atoms with Crippen LogP contribution < -0.4 is 10.2 Å². The van der Waals surface area contributed by atoms with Gasteiger partial charge in [-0.15, -0.1) is 11.3 Å². The molecule has 3 rings (SSSR count). The number of rotatable bonds is 6. The van der Waals surface area contributed by atoms with E-state index in [4.69, 9.17) is 11.6 Å². The Morgan fingerprint density at radius 1 is 1.30 bits per heavy atom. The number of amides is 1. The number of nitrogens with zero attached hydrogens (tertiary/aromatic N) is 3. The maximum atomic E-state index is 12.6. The lowest BCUT2D eigenvalue weighted by atomic mass is 10.2. The SMILES string of the molecule is CCN1CCN(c2ccc(Cl)cc2NC(=O)Cc2csc(C(C)C)n2)CC1. The van der Waals surface area contributed by atoms with Gasteiger partial charge in [0.05, 0.1) is 28.5 Å². The maximum absolute atomic E-state index is 12.6. The van der Waals surface area contributed by atoms with Crippen molar-refractivity contribution in [1.82, 2.24) is 9.88 Å². The monoisotopic (exact) mass is 406 g/mol. The molecule has 0 spiro atoms. The van der Waals surface area contributed by atoms with Crippen LogP contribution >= 0.6 is 22.9 Å². The number of aromatic nitrogens is 1. The number of halogens is 1. The first-order valence-corrected chi connectivity index (χ1v) is 10.7. The molecule has 1 fully saturated rings. The molecular weight excluding hydrogens is 380 g/mol. The van der Waals surface area contributed by atoms with E-state index in [9.17, 15) is 4.79 Å². The topological polar surface area (TPSA) is 48.5 Å². The summed E-state index contributed by atoms with van der Waals surface area (Å²) < 4.78 is 0. The van der Waals surface area contributed by atoms with Crippen LogP contribution in [0.2, 0.25) is 5.02 Å². The minimum atomic E-state index is -0.0636. The third kappa shape index (κ3) is 5.21. The van der Waals surface area contributed by atoms with Gasteiger partial charge in [-0.05, 0) is 24.7 Å². The van der Waals surface area contributed by atoms with Crippen LogP contribution in [0.15, 0.2) is 23.6 Å². The number of benzene rings is 1. The normalized spacial score (nSPS) is 15.4. The number of likely N-dealkylation sites (N-methyl/N-ethyl adjacent to an activating group) is 1. The highest BCUT2D eigenvalue weighted by Gasteiger charge is 2.20. The second-order valence-corrected chi connectivity index (χ2v) is 8.47. The molecule has 0 radical (unpaired) electrons. The van der Waals surface area contributed by atoms with Gasteiger partial charge in [0.25, 0.3) is 0 Å². The van der Waals surface area contributed by atoms with Crippen molar-refractivity contribution in [3.63, 3.8) is 0 Å². The average molecular weight is 407 g/mol. The van der Waals surface area contributed by atoms with E-state index in [1.807, 2.05) is 23.6 Å². The lowest BCUT2D eigenvalue weighted by Crippen LogP contribution is -2.46. The summed E-state index contributed by atoms with van der Waals surface area (Å²) in [7, 11) is 0. The Morgan fingerprint density at radius 3 is 2.67 bits per heavy atom. The minimum absolute atomic E-state index is 0.0636. The fraction of sp³-hybridized carbons (Fsp3) is 0.500. The van der Waals surface area contributed by atoms with Gasteiger partial charge in [0.15, 0.2) is 0 Å². The Balaban J connectivity index is 1.70. The van der Waals surface area contributed by atoms with Gasteiger partial charge in [0, 0.05) is 42.5 Å². The Kier molecular flexibility index (Phi) is 6.73. The van der Waals surface area contributed by atoms with Crippen LogP contribution in [0.1, 0.15) is 37.4 Å². The van der Waals surface area contributed by atoms with E-state index in [0.29, 0.717) is 10.9 Å². The summed E-state index contributed by atoms with van der Waals surface area (Å²) in [6, 6.07) is 5.72. The molecule has 1 aromatic carbocycles. The number of nitrogens with one attached hydrogen (secondary N) is 1. The number of hydrogen-bond acceptors (Lipinski definition) is 5. The highest BCUT2D eigenvalue weighted by molar-refractivity contribution is 7.09. The van der Waals surface area contributed by atoms with Crippen LogP contribution in [0.5, 0.6) is 0 Å². The molecule has 5 nitrogen and oxygen atoms in total. The second kappa shape index (κ2) is 9.04. The highest BCUT2D eigenvalue weighted by atomic mass is 35.5. The van der Waals surface area contributed by atoms with Crippen LogP contribution in [0.25, 0.3) is 0 Å². The Morgan fingerprint density at radius 2 is 2.04 bits per heavy atom. The van der Waals surface area contributed by atoms with Crippen molar-refractivity contribution < 1.29 is 4.79 Å². The van der Waals surface area contributed by atoms with Crippen LogP contribution in [-0.4, -0.2) is 48.5 Å². The Hall–Kier alpha value is -1.63. The van der Waals surface area contributed by atoms with Crippen molar-refractivity contribution in [2.45, 2.75) is 33.1 Å². The highest BCUT2D eigenvalue weighted by Crippen LogP contribution is 2.30. The molecule has 1 amide bonds. The summed E-state index contributed by atoms with van der Waals surface area (Å²) in [5, 5.41) is 6.70. The molecular formula is C20H27ClN4OS. The number of hydrogen-bond donors (Lipinski definition) is 1. The van der Waals surface area contributed by atoms with E-state index < -0.39 is 0 Å². The van der Waals surface area contributed by atoms with E-state index in [-0.39, 0.29) is 12.3 Å². The van der Waals surface area contributed by atoms with Gasteiger partial charge in [0.2, 0.25) is 5.91 Å². The lowest BCUT2D eigenvalue weighted by molar-refractivity contribution is -0.115. The second-order valence-electron chi connectivity index (χ2n) is 7.14. The van der Waals surface area contributed by atoms with Gasteiger partial charge in [-0.3, -0.25) is 4.79 Å². The molecule has 0 bridgehead atoms. The molecule has 0 saturated carbocycles. The van der Waals surface area contributed by atoms with E-state index in [1.54, 1.807) is 11.3 Å². The third-order valence-electron chi connectivity index (χ3n) is 4.80. The molecule has 2 aromatic rings. The quantitative estimate of drug-likeness (QED) is 0.779. The Bertz CT molecular complexity index is 784. The van der Waals surface area contributed by atoms with E-state index in [2.05, 4.69) is 40.9 Å². The van der Waals surface area contributed by atoms with Gasteiger partial charge < -0.3 is 15.1 Å². The molecule has 1 aromatic heterocycles. The summed E-state index contributed by atoms with van der Waals surface area (Å²) in [6.45, 7) is 11.4. The zero-order valence-electron chi connectivity index (χ0n) is 16.2. The summed E-state index contributed by atoms with van der Waals surface area (Å²) in [4.78, 5) is 21.9. The van der Waals surface area contributed by atoms with Crippen molar-refractivity contribution in [2.24, 2.45) is 0 Å². The van der Waals surface area contributed by atoms with Crippen molar-refractivity contribution in [1.29, 1.82) is 0 Å². The van der Waals surface area contributed by atoms with E-state index in [1.165, 1.54) is 0 Å². The number of thiazole rings is 1. The van der Waals surface area contributed by atoms with Crippen molar-refractivity contribution in [2.75, 3.05) is 42.9 Å². The summed E-state index contributed by atoms with van der Waals surface area (Å²) >= 11 is 7.81. The molecule has 0 aliphatic carbocycles. The van der Waals surface area contributed by atoms with Crippen LogP contribution in [0.4, 0.5) is 11.4 Å². The lowest BCUT2D eigenvalue weighted by Gasteiger charge is -2.36. The smallest absolute Gasteiger partial charge is 0.230 e. The molecule has 2 heterocycles. The maximum Gasteiger partial charge on any atom is 0.230 e. The molecule has 7 heteroatoms. The van der Waals surface area contributed by atoms with E-state index in [0.717, 1.165) is 54.8 Å². The zero-order chi connectivity index (χ0) is 19.4. The number of anilines is 2. The predicted octanol–water partition coefficient (Wildman–Crippen LogP) is 4.24. The predicted molar refractivity (Wildman–Crippen MR) is 114 cm³/mol. The zero-order valence-corrected chi connectivity index (χ0v) is 17.7. The van der Waals surface area contributed by atoms with Gasteiger partial charge in [0.1, 0.15) is 0 Å². The van der Waals surface area contributed by atoms with Gasteiger partial charge >= 0.3 is 0 Å². The molecule has 0 atom stereocenters. The van der Waals surface area contributed by atoms with Gasteiger partial charge in [-0.1, -0.05) is 32.4 Å². The summed E-state index contributed by atoms with van der Waals surface area (Å²) in [5.41, 5.74) is 2.63. The summed E-state index contributed by atoms with van der Waals surface area (Å²) in [6.07, 6.45) is 0.277. The molecule has 146 valence electrons. The molecule has 27 heavy (non-hydrogen) atoms. The number of carbonyl (C=O) groups excluding carboxylic acids is 1. The number of piperazine rings is 1. The largest absolute Gasteiger partial charge is 0.367 e. The van der Waals surface area contributed by atoms with Gasteiger partial charge in [-0.25, -0.2) is 4.98 Å². The minimum Gasteiger partial charge on any atom is -0.367 e. The first kappa shape index (κ1) is 20.1. The fourth-order valence-electron chi connectivity index (χ4n) is 3.22. The van der Waals surface area contributed by atoms with Crippen molar-refractivity contribution >= 4 is 40.2 Å². The number of carbonyl (C=O) groups is 1. The molecule has 1 aliphatic rings. The molecule has 1 aliphatic heterocycles. The van der Waals surface area contributed by atoms with Crippen molar-refractivity contribution in [3.05, 3.63) is 39.3 Å². The average Bonchev–Trinajstić information content (AvgIpc) is 3.11. The van der Waals surface area contributed by atoms with E-state index >= 15 is 0 Å². The summed E-state index contributed by atoms with van der Waals surface area (Å²) in [5.74, 6) is 0.319. The van der Waals surface area contributed by atoms with Crippen LogP contribution in [-0.2, 0) is 11.2 Å². The molecule has 0 unspecified atom stereocenters. The fourth-order valence-corrected chi connectivity index (χ4v) is 4.22. The standard InChI is InChI=1S/C20H27ClN4OS/c1-4-24-7-9-25(10-8-24)18-6-5-15(21)11-17(18)23-19(26)12-16-13-27-20(22-16)14(2)3/h5-6,11,13-14H,4,7-10,12H2,1-3H3,(H,23,26). The van der Waals surface area contributed by atoms with Crippen LogP contribution in [0.3, 0.4) is 0 Å². The molecule has 1 saturated heterocycles. The first-order valence-electron chi connectivity index (χ1n) is 9.47. The van der Waals surface area contributed by atoms with Crippen LogP contribution in [0, 0.1) is 0 Å². The first-order chi connectivity index (χ1) is 13.0.